The van der Waals surface area contributed by atoms with Crippen LogP contribution in [0, 0.1) is 5.82 Å². The van der Waals surface area contributed by atoms with Gasteiger partial charge in [-0.2, -0.15) is 0 Å². The summed E-state index contributed by atoms with van der Waals surface area (Å²) in [5.41, 5.74) is 7.02. The average Bonchev–Trinajstić information content (AvgIpc) is 2.69. The minimum absolute atomic E-state index is 0.198. The maximum absolute atomic E-state index is 12.9. The number of aryl methyl sites for hydroxylation is 1. The highest BCUT2D eigenvalue weighted by Crippen LogP contribution is 2.27. The van der Waals surface area contributed by atoms with Crippen molar-refractivity contribution in [2.75, 3.05) is 14.2 Å². The van der Waals surface area contributed by atoms with Gasteiger partial charge in [0.1, 0.15) is 5.82 Å². The molecule has 8 heteroatoms. The Balaban J connectivity index is 1.71. The Kier molecular flexibility index (Phi) is 7.81. The number of benzene rings is 2. The predicted octanol–water partition coefficient (Wildman–Crippen LogP) is 2.47. The fourth-order valence-corrected chi connectivity index (χ4v) is 2.43. The van der Waals surface area contributed by atoms with Gasteiger partial charge >= 0.3 is 0 Å². The van der Waals surface area contributed by atoms with E-state index < -0.39 is 0 Å². The standard InChI is InChI=1S/C19H22FN3O3S/c1-25-16-9-5-13(11-17(16)26-2)6-10-18(24)22-23-19(27)21-12-14-3-7-15(20)8-4-14/h3-5,7-9,11H,6,10,12H2,1-2H3,(H,22,24)(H2,21,23,27). The van der Waals surface area contributed by atoms with Crippen molar-refractivity contribution >= 4 is 23.2 Å². The summed E-state index contributed by atoms with van der Waals surface area (Å²) in [6.45, 7) is 0.424. The van der Waals surface area contributed by atoms with Crippen molar-refractivity contribution in [1.29, 1.82) is 0 Å². The Bertz CT molecular complexity index is 784. The molecule has 27 heavy (non-hydrogen) atoms. The highest BCUT2D eigenvalue weighted by molar-refractivity contribution is 7.80. The Hall–Kier alpha value is -2.87. The first-order chi connectivity index (χ1) is 13.0. The van der Waals surface area contributed by atoms with Crippen molar-refractivity contribution in [3.63, 3.8) is 0 Å². The molecule has 0 fully saturated rings. The van der Waals surface area contributed by atoms with E-state index in [4.69, 9.17) is 21.7 Å². The van der Waals surface area contributed by atoms with E-state index in [0.717, 1.165) is 11.1 Å². The first-order valence-corrected chi connectivity index (χ1v) is 8.70. The maximum atomic E-state index is 12.9. The summed E-state index contributed by atoms with van der Waals surface area (Å²) in [4.78, 5) is 12.0. The molecule has 1 amide bonds. The Morgan fingerprint density at radius 3 is 2.33 bits per heavy atom. The number of halogens is 1. The number of nitrogens with one attached hydrogen (secondary N) is 3. The minimum Gasteiger partial charge on any atom is -0.493 e. The van der Waals surface area contributed by atoms with Gasteiger partial charge in [0.2, 0.25) is 5.91 Å². The molecule has 3 N–H and O–H groups in total. The van der Waals surface area contributed by atoms with Crippen molar-refractivity contribution in [2.24, 2.45) is 0 Å². The van der Waals surface area contributed by atoms with E-state index >= 15 is 0 Å². The number of carbonyl (C=O) groups excluding carboxylic acids is 1. The fraction of sp³-hybridized carbons (Fsp3) is 0.263. The van der Waals surface area contributed by atoms with Gasteiger partial charge in [-0.3, -0.25) is 15.6 Å². The molecule has 0 aliphatic carbocycles. The molecule has 0 atom stereocenters. The lowest BCUT2D eigenvalue weighted by Crippen LogP contribution is -2.46. The third kappa shape index (κ3) is 6.74. The summed E-state index contributed by atoms with van der Waals surface area (Å²) in [6.07, 6.45) is 0.826. The fourth-order valence-electron chi connectivity index (χ4n) is 2.31. The SMILES string of the molecule is COc1ccc(CCC(=O)NNC(=S)NCc2ccc(F)cc2)cc1OC. The normalized spacial score (nSPS) is 10.0. The van der Waals surface area contributed by atoms with Crippen LogP contribution < -0.4 is 25.6 Å². The van der Waals surface area contributed by atoms with Gasteiger partial charge in [-0.15, -0.1) is 0 Å². The number of thiocarbonyl (C=S) groups is 1. The summed E-state index contributed by atoms with van der Waals surface area (Å²) >= 11 is 5.09. The molecule has 0 unspecified atom stereocenters. The van der Waals surface area contributed by atoms with E-state index in [-0.39, 0.29) is 23.3 Å². The molecular formula is C19H22FN3O3S. The number of methoxy groups -OCH3 is 2. The number of amides is 1. The smallest absolute Gasteiger partial charge is 0.238 e. The quantitative estimate of drug-likeness (QED) is 0.498. The lowest BCUT2D eigenvalue weighted by atomic mass is 10.1. The largest absolute Gasteiger partial charge is 0.493 e. The number of hydrogen-bond donors (Lipinski definition) is 3. The van der Waals surface area contributed by atoms with E-state index in [2.05, 4.69) is 16.2 Å². The number of carbonyl (C=O) groups is 1. The van der Waals surface area contributed by atoms with Gasteiger partial charge < -0.3 is 14.8 Å². The Morgan fingerprint density at radius 1 is 1.00 bits per heavy atom. The molecule has 0 aliphatic rings. The molecule has 0 bridgehead atoms. The molecule has 0 saturated carbocycles. The average molecular weight is 391 g/mol. The van der Waals surface area contributed by atoms with Gasteiger partial charge in [-0.1, -0.05) is 18.2 Å². The maximum Gasteiger partial charge on any atom is 0.238 e. The van der Waals surface area contributed by atoms with Crippen LogP contribution in [0.5, 0.6) is 11.5 Å². The zero-order valence-electron chi connectivity index (χ0n) is 15.2. The van der Waals surface area contributed by atoms with Gasteiger partial charge in [-0.25, -0.2) is 4.39 Å². The molecule has 2 aromatic carbocycles. The van der Waals surface area contributed by atoms with Crippen LogP contribution in [0.2, 0.25) is 0 Å². The molecule has 2 aromatic rings. The Morgan fingerprint density at radius 2 is 1.67 bits per heavy atom. The van der Waals surface area contributed by atoms with E-state index in [1.807, 2.05) is 12.1 Å². The minimum atomic E-state index is -0.291. The number of hydrogen-bond acceptors (Lipinski definition) is 4. The first-order valence-electron chi connectivity index (χ1n) is 8.30. The van der Waals surface area contributed by atoms with Crippen LogP contribution in [0.1, 0.15) is 17.5 Å². The molecule has 0 saturated heterocycles. The van der Waals surface area contributed by atoms with E-state index in [1.165, 1.54) is 12.1 Å². The molecule has 2 rings (SSSR count). The second kappa shape index (κ2) is 10.3. The van der Waals surface area contributed by atoms with Crippen LogP contribution >= 0.6 is 12.2 Å². The molecular weight excluding hydrogens is 369 g/mol. The van der Waals surface area contributed by atoms with Crippen molar-refractivity contribution in [2.45, 2.75) is 19.4 Å². The molecule has 144 valence electrons. The number of ether oxygens (including phenoxy) is 2. The zero-order valence-corrected chi connectivity index (χ0v) is 16.0. The van der Waals surface area contributed by atoms with Crippen LogP contribution in [0.25, 0.3) is 0 Å². The molecule has 0 spiro atoms. The topological polar surface area (TPSA) is 71.6 Å². The lowest BCUT2D eigenvalue weighted by molar-refractivity contribution is -0.121. The summed E-state index contributed by atoms with van der Waals surface area (Å²) in [5, 5.41) is 3.20. The summed E-state index contributed by atoms with van der Waals surface area (Å²) in [6, 6.07) is 11.6. The van der Waals surface area contributed by atoms with Gasteiger partial charge in [0.05, 0.1) is 14.2 Å². The van der Waals surface area contributed by atoms with E-state index in [9.17, 15) is 9.18 Å². The first kappa shape index (κ1) is 20.4. The molecule has 0 aliphatic heterocycles. The van der Waals surface area contributed by atoms with Gasteiger partial charge in [-0.05, 0) is 54.0 Å². The molecule has 0 heterocycles. The second-order valence-corrected chi connectivity index (χ2v) is 6.08. The Labute approximate surface area is 163 Å². The number of rotatable bonds is 7. The summed E-state index contributed by atoms with van der Waals surface area (Å²) < 4.78 is 23.3. The van der Waals surface area contributed by atoms with Crippen LogP contribution in [0.15, 0.2) is 42.5 Å². The summed E-state index contributed by atoms with van der Waals surface area (Å²) in [7, 11) is 3.14. The monoisotopic (exact) mass is 391 g/mol. The molecule has 6 nitrogen and oxygen atoms in total. The van der Waals surface area contributed by atoms with Crippen LogP contribution in [0.3, 0.4) is 0 Å². The highest BCUT2D eigenvalue weighted by Gasteiger charge is 2.07. The van der Waals surface area contributed by atoms with E-state index in [0.29, 0.717) is 24.5 Å². The third-order valence-corrected chi connectivity index (χ3v) is 4.02. The van der Waals surface area contributed by atoms with Gasteiger partial charge in [0.25, 0.3) is 0 Å². The molecule has 0 radical (unpaired) electrons. The zero-order chi connectivity index (χ0) is 19.6. The van der Waals surface area contributed by atoms with Crippen molar-refractivity contribution in [3.05, 3.63) is 59.4 Å². The van der Waals surface area contributed by atoms with Crippen LogP contribution in [-0.4, -0.2) is 25.2 Å². The predicted molar refractivity (Wildman–Crippen MR) is 105 cm³/mol. The van der Waals surface area contributed by atoms with E-state index in [1.54, 1.807) is 32.4 Å². The summed E-state index contributed by atoms with van der Waals surface area (Å²) in [5.74, 6) is 0.779. The van der Waals surface area contributed by atoms with Gasteiger partial charge in [0, 0.05) is 13.0 Å². The third-order valence-electron chi connectivity index (χ3n) is 3.77. The van der Waals surface area contributed by atoms with Crippen molar-refractivity contribution < 1.29 is 18.7 Å². The van der Waals surface area contributed by atoms with Gasteiger partial charge in [0.15, 0.2) is 16.6 Å². The van der Waals surface area contributed by atoms with Crippen LogP contribution in [-0.2, 0) is 17.8 Å². The lowest BCUT2D eigenvalue weighted by Gasteiger charge is -2.12. The van der Waals surface area contributed by atoms with Crippen molar-refractivity contribution in [1.82, 2.24) is 16.2 Å². The van der Waals surface area contributed by atoms with Crippen molar-refractivity contribution in [3.8, 4) is 11.5 Å². The van der Waals surface area contributed by atoms with Crippen LogP contribution in [0.4, 0.5) is 4.39 Å². The second-order valence-electron chi connectivity index (χ2n) is 5.67. The molecule has 0 aromatic heterocycles. The highest BCUT2D eigenvalue weighted by atomic mass is 32.1. The number of hydrazine groups is 1.